The van der Waals surface area contributed by atoms with Crippen molar-refractivity contribution in [2.75, 3.05) is 11.5 Å². The van der Waals surface area contributed by atoms with Crippen LogP contribution in [0.4, 0.5) is 10.1 Å². The lowest BCUT2D eigenvalue weighted by Crippen LogP contribution is -2.90. The number of hydrogen-bond acceptors (Lipinski definition) is 3. The Morgan fingerprint density at radius 3 is 2.46 bits per heavy atom. The minimum atomic E-state index is -0.455. The zero-order valence-electron chi connectivity index (χ0n) is 14.7. The van der Waals surface area contributed by atoms with Gasteiger partial charge in [0.15, 0.2) is 6.04 Å². The fraction of sp³-hybridized carbons (Fsp3) is 0.300. The molecule has 2 aromatic rings. The van der Waals surface area contributed by atoms with Gasteiger partial charge in [0, 0.05) is 5.56 Å². The predicted octanol–water partition coefficient (Wildman–Crippen LogP) is 2.01. The molecule has 26 heavy (non-hydrogen) atoms. The van der Waals surface area contributed by atoms with Crippen molar-refractivity contribution < 1.29 is 24.0 Å². The zero-order valence-corrected chi connectivity index (χ0v) is 14.7. The van der Waals surface area contributed by atoms with Gasteiger partial charge in [0.1, 0.15) is 18.1 Å². The van der Waals surface area contributed by atoms with Crippen molar-refractivity contribution >= 4 is 17.5 Å². The molecule has 1 fully saturated rings. The van der Waals surface area contributed by atoms with Gasteiger partial charge in [-0.3, -0.25) is 9.59 Å². The molecule has 5 nitrogen and oxygen atoms in total. The van der Waals surface area contributed by atoms with Gasteiger partial charge in [-0.25, -0.2) is 9.29 Å². The molecule has 2 amide bonds. The summed E-state index contributed by atoms with van der Waals surface area (Å²) in [5, 5.41) is 1.83. The van der Waals surface area contributed by atoms with Crippen LogP contribution in [0.1, 0.15) is 25.3 Å². The quantitative estimate of drug-likeness (QED) is 0.771. The third-order valence-corrected chi connectivity index (χ3v) is 4.30. The molecule has 0 aliphatic carbocycles. The second-order valence-electron chi connectivity index (χ2n) is 6.29. The van der Waals surface area contributed by atoms with Gasteiger partial charge in [-0.05, 0) is 42.8 Å². The number of carbonyl (C=O) groups excluding carboxylic acids is 2. The van der Waals surface area contributed by atoms with Crippen LogP contribution in [0, 0.1) is 5.82 Å². The van der Waals surface area contributed by atoms with Gasteiger partial charge < -0.3 is 10.1 Å². The SMILES string of the molecule is CCCOc1ccc(N2C(=O)C[C@H]([NH2+]Cc3ccc(F)cc3)C2=O)cc1. The molecule has 3 rings (SSSR count). The summed E-state index contributed by atoms with van der Waals surface area (Å²) >= 11 is 0. The van der Waals surface area contributed by atoms with Crippen molar-refractivity contribution in [3.63, 3.8) is 0 Å². The fourth-order valence-electron chi connectivity index (χ4n) is 2.92. The number of hydrogen-bond donors (Lipinski definition) is 1. The van der Waals surface area contributed by atoms with Gasteiger partial charge in [-0.1, -0.05) is 19.1 Å². The average Bonchev–Trinajstić information content (AvgIpc) is 2.93. The minimum absolute atomic E-state index is 0.161. The van der Waals surface area contributed by atoms with Crippen LogP contribution in [-0.2, 0) is 16.1 Å². The predicted molar refractivity (Wildman–Crippen MR) is 95.2 cm³/mol. The molecule has 0 saturated carbocycles. The van der Waals surface area contributed by atoms with Gasteiger partial charge in [-0.2, -0.15) is 0 Å². The second kappa shape index (κ2) is 8.10. The lowest BCUT2D eigenvalue weighted by molar-refractivity contribution is -0.690. The molecular formula is C20H22FN2O3+. The van der Waals surface area contributed by atoms with Gasteiger partial charge >= 0.3 is 0 Å². The summed E-state index contributed by atoms with van der Waals surface area (Å²) in [7, 11) is 0. The summed E-state index contributed by atoms with van der Waals surface area (Å²) in [5.41, 5.74) is 1.46. The molecule has 0 aromatic heterocycles. The number of halogens is 1. The normalized spacial score (nSPS) is 17.0. The molecule has 1 aliphatic rings. The number of anilines is 1. The van der Waals surface area contributed by atoms with Crippen LogP contribution < -0.4 is 15.0 Å². The van der Waals surface area contributed by atoms with Crippen molar-refractivity contribution in [2.24, 2.45) is 0 Å². The number of amides is 2. The van der Waals surface area contributed by atoms with Crippen LogP contribution in [0.5, 0.6) is 5.75 Å². The number of ether oxygens (including phenoxy) is 1. The van der Waals surface area contributed by atoms with Crippen LogP contribution in [0.25, 0.3) is 0 Å². The Balaban J connectivity index is 1.63. The molecule has 1 saturated heterocycles. The van der Waals surface area contributed by atoms with Crippen molar-refractivity contribution in [2.45, 2.75) is 32.4 Å². The topological polar surface area (TPSA) is 63.2 Å². The molecule has 0 spiro atoms. The smallest absolute Gasteiger partial charge is 0.292 e. The molecule has 0 bridgehead atoms. The van der Waals surface area contributed by atoms with E-state index in [9.17, 15) is 14.0 Å². The summed E-state index contributed by atoms with van der Waals surface area (Å²) in [5.74, 6) is -0.00977. The summed E-state index contributed by atoms with van der Waals surface area (Å²) in [6, 6.07) is 12.7. The number of quaternary nitrogens is 1. The summed E-state index contributed by atoms with van der Waals surface area (Å²) in [6.45, 7) is 3.17. The van der Waals surface area contributed by atoms with Crippen molar-refractivity contribution in [1.82, 2.24) is 0 Å². The highest BCUT2D eigenvalue weighted by molar-refractivity contribution is 6.21. The van der Waals surface area contributed by atoms with E-state index in [1.54, 1.807) is 36.4 Å². The van der Waals surface area contributed by atoms with E-state index in [0.717, 1.165) is 12.0 Å². The molecular weight excluding hydrogens is 335 g/mol. The first-order valence-corrected chi connectivity index (χ1v) is 8.76. The largest absolute Gasteiger partial charge is 0.494 e. The van der Waals surface area contributed by atoms with Crippen LogP contribution in [0.3, 0.4) is 0 Å². The Labute approximate surface area is 151 Å². The standard InChI is InChI=1S/C20H21FN2O3/c1-2-11-26-17-9-7-16(8-10-17)23-19(24)12-18(20(23)25)22-13-14-3-5-15(21)6-4-14/h3-10,18,22H,2,11-13H2,1H3/p+1/t18-/m0/s1. The van der Waals surface area contributed by atoms with Gasteiger partial charge in [-0.15, -0.1) is 0 Å². The van der Waals surface area contributed by atoms with Crippen LogP contribution >= 0.6 is 0 Å². The maximum absolute atomic E-state index is 13.0. The summed E-state index contributed by atoms with van der Waals surface area (Å²) < 4.78 is 18.5. The third kappa shape index (κ3) is 4.08. The number of benzene rings is 2. The van der Waals surface area contributed by atoms with Gasteiger partial charge in [0.25, 0.3) is 5.91 Å². The Bertz CT molecular complexity index is 775. The maximum atomic E-state index is 13.0. The average molecular weight is 357 g/mol. The van der Waals surface area contributed by atoms with E-state index in [-0.39, 0.29) is 24.1 Å². The molecule has 1 heterocycles. The van der Waals surface area contributed by atoms with E-state index in [4.69, 9.17) is 4.74 Å². The van der Waals surface area contributed by atoms with Crippen molar-refractivity contribution in [3.8, 4) is 5.75 Å². The molecule has 2 aromatic carbocycles. The first-order chi connectivity index (χ1) is 12.6. The molecule has 136 valence electrons. The number of rotatable bonds is 7. The first kappa shape index (κ1) is 18.1. The highest BCUT2D eigenvalue weighted by atomic mass is 19.1. The van der Waals surface area contributed by atoms with Gasteiger partial charge in [0.2, 0.25) is 5.91 Å². The van der Waals surface area contributed by atoms with Crippen LogP contribution in [0.15, 0.2) is 48.5 Å². The Kier molecular flexibility index (Phi) is 5.63. The first-order valence-electron chi connectivity index (χ1n) is 8.76. The maximum Gasteiger partial charge on any atom is 0.292 e. The van der Waals surface area contributed by atoms with E-state index in [1.807, 2.05) is 12.2 Å². The highest BCUT2D eigenvalue weighted by Crippen LogP contribution is 2.24. The van der Waals surface area contributed by atoms with Crippen LogP contribution in [-0.4, -0.2) is 24.5 Å². The summed E-state index contributed by atoms with van der Waals surface area (Å²) in [6.07, 6.45) is 1.07. The lowest BCUT2D eigenvalue weighted by Gasteiger charge is -2.15. The lowest BCUT2D eigenvalue weighted by atomic mass is 10.2. The number of carbonyl (C=O) groups is 2. The molecule has 1 atom stereocenters. The molecule has 2 N–H and O–H groups in total. The molecule has 0 radical (unpaired) electrons. The second-order valence-corrected chi connectivity index (χ2v) is 6.29. The monoisotopic (exact) mass is 357 g/mol. The van der Waals surface area contributed by atoms with E-state index in [1.165, 1.54) is 17.0 Å². The third-order valence-electron chi connectivity index (χ3n) is 4.30. The summed E-state index contributed by atoms with van der Waals surface area (Å²) in [4.78, 5) is 26.2. The fourth-order valence-corrected chi connectivity index (χ4v) is 2.92. The van der Waals surface area contributed by atoms with E-state index in [2.05, 4.69) is 0 Å². The van der Waals surface area contributed by atoms with Crippen molar-refractivity contribution in [1.29, 1.82) is 0 Å². The molecule has 0 unspecified atom stereocenters. The minimum Gasteiger partial charge on any atom is -0.494 e. The zero-order chi connectivity index (χ0) is 18.5. The number of imide groups is 1. The van der Waals surface area contributed by atoms with E-state index >= 15 is 0 Å². The van der Waals surface area contributed by atoms with Crippen LogP contribution in [0.2, 0.25) is 0 Å². The molecule has 1 aliphatic heterocycles. The Morgan fingerprint density at radius 2 is 1.81 bits per heavy atom. The van der Waals surface area contributed by atoms with Gasteiger partial charge in [0.05, 0.1) is 18.7 Å². The number of nitrogens with two attached hydrogens (primary N) is 1. The Hall–Kier alpha value is -2.73. The Morgan fingerprint density at radius 1 is 1.12 bits per heavy atom. The highest BCUT2D eigenvalue weighted by Gasteiger charge is 2.42. The number of nitrogens with zero attached hydrogens (tertiary/aromatic N) is 1. The van der Waals surface area contributed by atoms with Crippen molar-refractivity contribution in [3.05, 3.63) is 59.9 Å². The van der Waals surface area contributed by atoms with E-state index < -0.39 is 6.04 Å². The molecule has 6 heteroatoms. The van der Waals surface area contributed by atoms with E-state index in [0.29, 0.717) is 24.6 Å².